The van der Waals surface area contributed by atoms with Crippen molar-refractivity contribution in [2.24, 2.45) is 0 Å². The van der Waals surface area contributed by atoms with Gasteiger partial charge in [-0.2, -0.15) is 13.2 Å². The molecule has 3 aromatic rings. The first-order chi connectivity index (χ1) is 10.8. The van der Waals surface area contributed by atoms with Crippen molar-refractivity contribution in [3.63, 3.8) is 0 Å². The lowest BCUT2D eigenvalue weighted by molar-refractivity contribution is -0.137. The molecule has 0 aliphatic carbocycles. The van der Waals surface area contributed by atoms with E-state index in [1.807, 2.05) is 0 Å². The summed E-state index contributed by atoms with van der Waals surface area (Å²) >= 11 is 6.22. The van der Waals surface area contributed by atoms with Crippen LogP contribution < -0.4 is 5.32 Å². The van der Waals surface area contributed by atoms with E-state index < -0.39 is 17.1 Å². The van der Waals surface area contributed by atoms with Crippen LogP contribution in [0.5, 0.6) is 0 Å². The molecule has 0 radical (unpaired) electrons. The van der Waals surface area contributed by atoms with Crippen LogP contribution in [0.25, 0.3) is 10.2 Å². The molecule has 0 unspecified atom stereocenters. The number of benzene rings is 1. The minimum Gasteiger partial charge on any atom is -0.322 e. The average molecular weight is 358 g/mol. The zero-order chi connectivity index (χ0) is 16.6. The molecule has 0 fully saturated rings. The minimum absolute atomic E-state index is 0.200. The molecule has 0 aliphatic heterocycles. The highest BCUT2D eigenvalue weighted by molar-refractivity contribution is 7.18. The summed E-state index contributed by atoms with van der Waals surface area (Å²) in [4.78, 5) is 19.5. The van der Waals surface area contributed by atoms with Crippen molar-refractivity contribution < 1.29 is 18.0 Å². The molecule has 1 amide bonds. The van der Waals surface area contributed by atoms with Crippen molar-refractivity contribution in [1.29, 1.82) is 0 Å². The van der Waals surface area contributed by atoms with Crippen molar-refractivity contribution in [3.8, 4) is 0 Å². The van der Waals surface area contributed by atoms with Gasteiger partial charge in [0.2, 0.25) is 0 Å². The topological polar surface area (TPSA) is 54.9 Å². The van der Waals surface area contributed by atoms with E-state index >= 15 is 0 Å². The molecule has 0 saturated heterocycles. The molecule has 1 N–H and O–H groups in total. The molecule has 0 atom stereocenters. The third-order valence-electron chi connectivity index (χ3n) is 2.88. The van der Waals surface area contributed by atoms with Crippen LogP contribution in [0, 0.1) is 0 Å². The Balaban J connectivity index is 1.89. The molecule has 9 heteroatoms. The Kier molecular flexibility index (Phi) is 3.95. The van der Waals surface area contributed by atoms with Gasteiger partial charge in [0, 0.05) is 17.4 Å². The molecular weight excluding hydrogens is 351 g/mol. The van der Waals surface area contributed by atoms with Gasteiger partial charge in [-0.3, -0.25) is 4.79 Å². The number of amides is 1. The summed E-state index contributed by atoms with van der Waals surface area (Å²) in [6, 6.07) is 7.19. The standard InChI is InChI=1S/C14H7ClF3N3OS/c15-11-6-8(3-4-19-11)20-12(22)7-1-2-9-10(5-7)23-13(21-9)14(16,17)18/h1-6H,(H,19,20,22). The lowest BCUT2D eigenvalue weighted by Gasteiger charge is -2.05. The van der Waals surface area contributed by atoms with Gasteiger partial charge in [-0.25, -0.2) is 9.97 Å². The van der Waals surface area contributed by atoms with Gasteiger partial charge < -0.3 is 5.32 Å². The van der Waals surface area contributed by atoms with Crippen LogP contribution in [0.2, 0.25) is 5.15 Å². The zero-order valence-corrected chi connectivity index (χ0v) is 12.8. The van der Waals surface area contributed by atoms with E-state index in [1.54, 1.807) is 6.07 Å². The molecule has 118 valence electrons. The number of carbonyl (C=O) groups excluding carboxylic acids is 1. The number of halogens is 4. The van der Waals surface area contributed by atoms with Gasteiger partial charge in [-0.05, 0) is 30.3 Å². The van der Waals surface area contributed by atoms with Gasteiger partial charge in [-0.15, -0.1) is 11.3 Å². The Bertz CT molecular complexity index is 894. The van der Waals surface area contributed by atoms with E-state index in [1.165, 1.54) is 30.5 Å². The summed E-state index contributed by atoms with van der Waals surface area (Å²) in [7, 11) is 0. The van der Waals surface area contributed by atoms with Crippen LogP contribution in [0.4, 0.5) is 18.9 Å². The lowest BCUT2D eigenvalue weighted by Crippen LogP contribution is -2.11. The fraction of sp³-hybridized carbons (Fsp3) is 0.0714. The molecule has 1 aromatic carbocycles. The second-order valence-electron chi connectivity index (χ2n) is 4.52. The van der Waals surface area contributed by atoms with Crippen molar-refractivity contribution in [1.82, 2.24) is 9.97 Å². The van der Waals surface area contributed by atoms with E-state index in [2.05, 4.69) is 15.3 Å². The van der Waals surface area contributed by atoms with Crippen LogP contribution in [0.3, 0.4) is 0 Å². The Morgan fingerprint density at radius 1 is 1.22 bits per heavy atom. The Morgan fingerprint density at radius 2 is 2.00 bits per heavy atom. The number of pyridine rings is 1. The number of fused-ring (bicyclic) bond motifs is 1. The van der Waals surface area contributed by atoms with Crippen LogP contribution in [0.15, 0.2) is 36.5 Å². The number of carbonyl (C=O) groups is 1. The normalized spacial score (nSPS) is 11.7. The summed E-state index contributed by atoms with van der Waals surface area (Å²) in [6.45, 7) is 0. The number of aromatic nitrogens is 2. The molecule has 4 nitrogen and oxygen atoms in total. The Morgan fingerprint density at radius 3 is 2.70 bits per heavy atom. The van der Waals surface area contributed by atoms with Crippen molar-refractivity contribution in [3.05, 3.63) is 52.3 Å². The minimum atomic E-state index is -4.50. The first-order valence-corrected chi connectivity index (χ1v) is 7.43. The Labute approximate surface area is 136 Å². The molecule has 0 spiro atoms. The number of hydrogen-bond acceptors (Lipinski definition) is 4. The van der Waals surface area contributed by atoms with E-state index in [-0.39, 0.29) is 20.9 Å². The first-order valence-electron chi connectivity index (χ1n) is 6.23. The molecule has 0 bridgehead atoms. The summed E-state index contributed by atoms with van der Waals surface area (Å²) in [6.07, 6.45) is -3.07. The van der Waals surface area contributed by atoms with E-state index in [0.717, 1.165) is 0 Å². The summed E-state index contributed by atoms with van der Waals surface area (Å²) in [5.74, 6) is -0.462. The van der Waals surface area contributed by atoms with Gasteiger partial charge >= 0.3 is 6.18 Å². The fourth-order valence-corrected chi connectivity index (χ4v) is 2.92. The fourth-order valence-electron chi connectivity index (χ4n) is 1.87. The molecule has 0 aliphatic rings. The van der Waals surface area contributed by atoms with Gasteiger partial charge in [0.05, 0.1) is 10.2 Å². The number of nitrogens with zero attached hydrogens (tertiary/aromatic N) is 2. The van der Waals surface area contributed by atoms with Crippen molar-refractivity contribution >= 4 is 44.7 Å². The third-order valence-corrected chi connectivity index (χ3v) is 4.15. The average Bonchev–Trinajstić information content (AvgIpc) is 2.90. The second-order valence-corrected chi connectivity index (χ2v) is 5.94. The highest BCUT2D eigenvalue weighted by Gasteiger charge is 2.34. The molecule has 2 aromatic heterocycles. The number of nitrogens with one attached hydrogen (secondary N) is 1. The van der Waals surface area contributed by atoms with Crippen molar-refractivity contribution in [2.75, 3.05) is 5.32 Å². The van der Waals surface area contributed by atoms with E-state index in [9.17, 15) is 18.0 Å². The van der Waals surface area contributed by atoms with Gasteiger partial charge in [0.15, 0.2) is 5.01 Å². The molecular formula is C14H7ClF3N3OS. The summed E-state index contributed by atoms with van der Waals surface area (Å²) in [5, 5.41) is 1.88. The number of rotatable bonds is 2. The van der Waals surface area contributed by atoms with Crippen LogP contribution in [0.1, 0.15) is 15.4 Å². The number of alkyl halides is 3. The molecule has 23 heavy (non-hydrogen) atoms. The summed E-state index contributed by atoms with van der Waals surface area (Å²) in [5.41, 5.74) is 0.865. The van der Waals surface area contributed by atoms with Crippen LogP contribution >= 0.6 is 22.9 Å². The highest BCUT2D eigenvalue weighted by atomic mass is 35.5. The molecule has 0 saturated carbocycles. The maximum atomic E-state index is 12.7. The number of anilines is 1. The molecule has 3 rings (SSSR count). The van der Waals surface area contributed by atoms with Crippen LogP contribution in [-0.4, -0.2) is 15.9 Å². The quantitative estimate of drug-likeness (QED) is 0.681. The smallest absolute Gasteiger partial charge is 0.322 e. The monoisotopic (exact) mass is 357 g/mol. The van der Waals surface area contributed by atoms with Gasteiger partial charge in [0.25, 0.3) is 5.91 Å². The second kappa shape index (κ2) is 5.78. The maximum Gasteiger partial charge on any atom is 0.443 e. The SMILES string of the molecule is O=C(Nc1ccnc(Cl)c1)c1ccc2nc(C(F)(F)F)sc2c1. The van der Waals surface area contributed by atoms with E-state index in [4.69, 9.17) is 11.6 Å². The van der Waals surface area contributed by atoms with Gasteiger partial charge in [0.1, 0.15) is 5.15 Å². The summed E-state index contributed by atoms with van der Waals surface area (Å²) < 4.78 is 38.3. The number of hydrogen-bond donors (Lipinski definition) is 1. The van der Waals surface area contributed by atoms with Crippen molar-refractivity contribution in [2.45, 2.75) is 6.18 Å². The molecule has 2 heterocycles. The van der Waals surface area contributed by atoms with E-state index in [0.29, 0.717) is 17.0 Å². The maximum absolute atomic E-state index is 12.7. The largest absolute Gasteiger partial charge is 0.443 e. The lowest BCUT2D eigenvalue weighted by atomic mass is 10.2. The number of thiazole rings is 1. The third kappa shape index (κ3) is 3.43. The first kappa shape index (κ1) is 15.7. The zero-order valence-electron chi connectivity index (χ0n) is 11.2. The van der Waals surface area contributed by atoms with Gasteiger partial charge in [-0.1, -0.05) is 11.6 Å². The predicted molar refractivity (Wildman–Crippen MR) is 81.8 cm³/mol. The Hall–Kier alpha value is -2.19. The van der Waals surface area contributed by atoms with Crippen LogP contribution in [-0.2, 0) is 6.18 Å². The highest BCUT2D eigenvalue weighted by Crippen LogP contribution is 2.35. The predicted octanol–water partition coefficient (Wildman–Crippen LogP) is 4.62.